The number of hydrogen-bond donors (Lipinski definition) is 0. The Labute approximate surface area is 119 Å². The van der Waals surface area contributed by atoms with Gasteiger partial charge in [0.25, 0.3) is 0 Å². The molecule has 1 unspecified atom stereocenters. The fourth-order valence-corrected chi connectivity index (χ4v) is 2.73. The van der Waals surface area contributed by atoms with Gasteiger partial charge in [-0.15, -0.1) is 0 Å². The molecule has 6 heteroatoms. The molecule has 0 aromatic rings. The average molecular weight is 281 g/mol. The van der Waals surface area contributed by atoms with Crippen molar-refractivity contribution in [2.24, 2.45) is 5.41 Å². The van der Waals surface area contributed by atoms with Gasteiger partial charge in [0.05, 0.1) is 12.5 Å². The second-order valence-electron chi connectivity index (χ2n) is 6.59. The largest absolute Gasteiger partial charge is 0.340 e. The molecule has 2 heterocycles. The minimum Gasteiger partial charge on any atom is -0.340 e. The van der Waals surface area contributed by atoms with Gasteiger partial charge in [-0.1, -0.05) is 20.8 Å². The number of amides is 3. The lowest BCUT2D eigenvalue weighted by atomic mass is 9.94. The predicted molar refractivity (Wildman–Crippen MR) is 73.8 cm³/mol. The van der Waals surface area contributed by atoms with E-state index in [1.165, 1.54) is 11.9 Å². The summed E-state index contributed by atoms with van der Waals surface area (Å²) in [6, 6.07) is -0.334. The summed E-state index contributed by atoms with van der Waals surface area (Å²) in [4.78, 5) is 40.8. The quantitative estimate of drug-likeness (QED) is 0.632. The molecule has 2 aliphatic heterocycles. The van der Waals surface area contributed by atoms with Gasteiger partial charge in [0.1, 0.15) is 0 Å². The molecule has 0 bridgehead atoms. The van der Waals surface area contributed by atoms with Crippen molar-refractivity contribution < 1.29 is 14.4 Å². The molecule has 2 aliphatic rings. The molecule has 0 aliphatic carbocycles. The van der Waals surface area contributed by atoms with Crippen molar-refractivity contribution in [3.05, 3.63) is 0 Å². The van der Waals surface area contributed by atoms with E-state index in [4.69, 9.17) is 0 Å². The first-order valence-corrected chi connectivity index (χ1v) is 7.05. The molecule has 3 amide bonds. The van der Waals surface area contributed by atoms with Gasteiger partial charge in [-0.05, 0) is 0 Å². The van der Waals surface area contributed by atoms with Crippen LogP contribution in [0, 0.1) is 5.41 Å². The van der Waals surface area contributed by atoms with Gasteiger partial charge in [0.2, 0.25) is 17.7 Å². The van der Waals surface area contributed by atoms with Gasteiger partial charge in [0, 0.05) is 38.6 Å². The summed E-state index contributed by atoms with van der Waals surface area (Å²) < 4.78 is 0. The molecule has 0 aromatic carbocycles. The van der Waals surface area contributed by atoms with Crippen LogP contribution in [0.25, 0.3) is 0 Å². The third kappa shape index (κ3) is 2.70. The van der Waals surface area contributed by atoms with Crippen LogP contribution in [0.2, 0.25) is 0 Å². The van der Waals surface area contributed by atoms with Crippen LogP contribution in [0.3, 0.4) is 0 Å². The maximum atomic E-state index is 12.2. The number of likely N-dealkylation sites (N-methyl/N-ethyl adjacent to an activating group) is 1. The molecule has 2 saturated heterocycles. The number of carbonyl (C=O) groups excluding carboxylic acids is 3. The standard InChI is InChI=1S/C14H23N3O3/c1-14(2,3)13(20)17-7-5-16(6-8-17)10-9-11(18)15(4)12(10)19/h10H,5-9H2,1-4H3. The maximum absolute atomic E-state index is 12.2. The lowest BCUT2D eigenvalue weighted by molar-refractivity contribution is -0.142. The highest BCUT2D eigenvalue weighted by Crippen LogP contribution is 2.22. The van der Waals surface area contributed by atoms with Crippen LogP contribution in [-0.2, 0) is 14.4 Å². The lowest BCUT2D eigenvalue weighted by Gasteiger charge is -2.39. The van der Waals surface area contributed by atoms with Crippen LogP contribution >= 0.6 is 0 Å². The highest BCUT2D eigenvalue weighted by Gasteiger charge is 2.41. The second kappa shape index (κ2) is 5.16. The highest BCUT2D eigenvalue weighted by atomic mass is 16.2. The zero-order valence-electron chi connectivity index (χ0n) is 12.7. The summed E-state index contributed by atoms with van der Waals surface area (Å²) in [5.41, 5.74) is -0.373. The number of piperazine rings is 1. The number of likely N-dealkylation sites (tertiary alicyclic amines) is 1. The van der Waals surface area contributed by atoms with Crippen molar-refractivity contribution in [2.75, 3.05) is 33.2 Å². The van der Waals surface area contributed by atoms with Gasteiger partial charge in [0.15, 0.2) is 0 Å². The summed E-state index contributed by atoms with van der Waals surface area (Å²) in [6.45, 7) is 8.29. The SMILES string of the molecule is CN1C(=O)CC(N2CCN(C(=O)C(C)(C)C)CC2)C1=O. The van der Waals surface area contributed by atoms with Crippen molar-refractivity contribution >= 4 is 17.7 Å². The van der Waals surface area contributed by atoms with E-state index in [1.807, 2.05) is 30.6 Å². The van der Waals surface area contributed by atoms with E-state index in [-0.39, 0.29) is 35.6 Å². The summed E-state index contributed by atoms with van der Waals surface area (Å²) in [7, 11) is 1.53. The van der Waals surface area contributed by atoms with E-state index in [9.17, 15) is 14.4 Å². The zero-order valence-corrected chi connectivity index (χ0v) is 12.7. The van der Waals surface area contributed by atoms with E-state index in [0.717, 1.165) is 0 Å². The molecule has 0 spiro atoms. The predicted octanol–water partition coefficient (Wildman–Crippen LogP) is -0.0660. The Morgan fingerprint density at radius 3 is 2.05 bits per heavy atom. The molecule has 0 N–H and O–H groups in total. The van der Waals surface area contributed by atoms with Gasteiger partial charge >= 0.3 is 0 Å². The Morgan fingerprint density at radius 2 is 1.65 bits per heavy atom. The molecule has 6 nitrogen and oxygen atoms in total. The topological polar surface area (TPSA) is 60.9 Å². The van der Waals surface area contributed by atoms with Crippen LogP contribution < -0.4 is 0 Å². The zero-order chi connectivity index (χ0) is 15.1. The fraction of sp³-hybridized carbons (Fsp3) is 0.786. The van der Waals surface area contributed by atoms with Crippen LogP contribution in [0.5, 0.6) is 0 Å². The van der Waals surface area contributed by atoms with Crippen molar-refractivity contribution in [2.45, 2.75) is 33.2 Å². The Hall–Kier alpha value is -1.43. The molecule has 2 fully saturated rings. The Bertz CT molecular complexity index is 433. The van der Waals surface area contributed by atoms with Crippen molar-refractivity contribution in [3.63, 3.8) is 0 Å². The molecule has 112 valence electrons. The van der Waals surface area contributed by atoms with E-state index < -0.39 is 0 Å². The van der Waals surface area contributed by atoms with E-state index in [2.05, 4.69) is 0 Å². The van der Waals surface area contributed by atoms with Crippen molar-refractivity contribution in [1.82, 2.24) is 14.7 Å². The van der Waals surface area contributed by atoms with Gasteiger partial charge in [-0.25, -0.2) is 0 Å². The van der Waals surface area contributed by atoms with E-state index in [0.29, 0.717) is 26.2 Å². The second-order valence-corrected chi connectivity index (χ2v) is 6.59. The van der Waals surface area contributed by atoms with Gasteiger partial charge < -0.3 is 4.90 Å². The number of nitrogens with zero attached hydrogens (tertiary/aromatic N) is 3. The molecule has 0 radical (unpaired) electrons. The number of imide groups is 1. The summed E-state index contributed by atoms with van der Waals surface area (Å²) in [5.74, 6) is -0.0955. The first kappa shape index (κ1) is 15.0. The number of carbonyl (C=O) groups is 3. The lowest BCUT2D eigenvalue weighted by Crippen LogP contribution is -2.55. The van der Waals surface area contributed by atoms with Crippen molar-refractivity contribution in [1.29, 1.82) is 0 Å². The third-order valence-electron chi connectivity index (χ3n) is 4.04. The van der Waals surface area contributed by atoms with Gasteiger partial charge in [-0.2, -0.15) is 0 Å². The number of rotatable bonds is 1. The summed E-state index contributed by atoms with van der Waals surface area (Å²) in [5, 5.41) is 0. The molecule has 0 saturated carbocycles. The third-order valence-corrected chi connectivity index (χ3v) is 4.04. The van der Waals surface area contributed by atoms with Crippen LogP contribution in [-0.4, -0.2) is 71.7 Å². The van der Waals surface area contributed by atoms with Crippen LogP contribution in [0.1, 0.15) is 27.2 Å². The molecule has 0 aromatic heterocycles. The van der Waals surface area contributed by atoms with E-state index >= 15 is 0 Å². The monoisotopic (exact) mass is 281 g/mol. The van der Waals surface area contributed by atoms with Crippen LogP contribution in [0.15, 0.2) is 0 Å². The number of hydrogen-bond acceptors (Lipinski definition) is 4. The molecular weight excluding hydrogens is 258 g/mol. The van der Waals surface area contributed by atoms with Crippen LogP contribution in [0.4, 0.5) is 0 Å². The minimum atomic E-state index is -0.373. The first-order chi connectivity index (χ1) is 9.21. The Balaban J connectivity index is 1.94. The van der Waals surface area contributed by atoms with Crippen molar-refractivity contribution in [3.8, 4) is 0 Å². The summed E-state index contributed by atoms with van der Waals surface area (Å²) in [6.07, 6.45) is 0.266. The van der Waals surface area contributed by atoms with E-state index in [1.54, 1.807) is 0 Å². The normalized spacial score (nSPS) is 25.5. The highest BCUT2D eigenvalue weighted by molar-refractivity contribution is 6.05. The first-order valence-electron chi connectivity index (χ1n) is 7.05. The molecule has 1 atom stereocenters. The Kier molecular flexibility index (Phi) is 3.86. The summed E-state index contributed by atoms with van der Waals surface area (Å²) >= 11 is 0. The molecular formula is C14H23N3O3. The average Bonchev–Trinajstić information content (AvgIpc) is 2.65. The maximum Gasteiger partial charge on any atom is 0.246 e. The fourth-order valence-electron chi connectivity index (χ4n) is 2.73. The van der Waals surface area contributed by atoms with Gasteiger partial charge in [-0.3, -0.25) is 24.2 Å². The Morgan fingerprint density at radius 1 is 1.10 bits per heavy atom. The molecule has 2 rings (SSSR count). The minimum absolute atomic E-state index is 0.117. The molecule has 20 heavy (non-hydrogen) atoms. The smallest absolute Gasteiger partial charge is 0.246 e.